The van der Waals surface area contributed by atoms with Crippen LogP contribution in [0.4, 0.5) is 5.69 Å². The maximum atomic E-state index is 10.5. The van der Waals surface area contributed by atoms with Crippen molar-refractivity contribution in [2.75, 3.05) is 11.9 Å². The summed E-state index contributed by atoms with van der Waals surface area (Å²) < 4.78 is 0. The van der Waals surface area contributed by atoms with Gasteiger partial charge < -0.3 is 10.4 Å². The molecule has 1 aromatic carbocycles. The van der Waals surface area contributed by atoms with Crippen LogP contribution in [0.5, 0.6) is 0 Å². The molecular formula is C11H12ClNO2. The lowest BCUT2D eigenvalue weighted by molar-refractivity contribution is -0.132. The van der Waals surface area contributed by atoms with E-state index in [1.54, 1.807) is 6.07 Å². The molecule has 0 atom stereocenters. The van der Waals surface area contributed by atoms with Gasteiger partial charge in [-0.2, -0.15) is 0 Å². The average molecular weight is 226 g/mol. The fraction of sp³-hybridized carbons (Fsp3) is 0.182. The summed E-state index contributed by atoms with van der Waals surface area (Å²) in [7, 11) is 0. The highest BCUT2D eigenvalue weighted by molar-refractivity contribution is 6.33. The van der Waals surface area contributed by atoms with E-state index in [1.807, 2.05) is 19.1 Å². The van der Waals surface area contributed by atoms with Crippen molar-refractivity contribution in [3.63, 3.8) is 0 Å². The Morgan fingerprint density at radius 3 is 2.87 bits per heavy atom. The first-order chi connectivity index (χ1) is 7.00. The van der Waals surface area contributed by atoms with Crippen molar-refractivity contribution < 1.29 is 9.90 Å². The lowest BCUT2D eigenvalue weighted by atomic mass is 10.2. The van der Waals surface area contributed by atoms with Crippen molar-refractivity contribution in [3.05, 3.63) is 40.9 Å². The van der Waals surface area contributed by atoms with E-state index in [1.165, 1.54) is 0 Å². The monoisotopic (exact) mass is 225 g/mol. The molecule has 0 saturated heterocycles. The number of carboxylic acid groups (broad SMARTS) is 1. The van der Waals surface area contributed by atoms with Crippen LogP contribution in [0.25, 0.3) is 0 Å². The lowest BCUT2D eigenvalue weighted by Gasteiger charge is -2.08. The summed E-state index contributed by atoms with van der Waals surface area (Å²) in [5, 5.41) is 12.1. The van der Waals surface area contributed by atoms with Crippen LogP contribution in [0.15, 0.2) is 30.4 Å². The van der Waals surface area contributed by atoms with E-state index < -0.39 is 5.97 Å². The van der Waals surface area contributed by atoms with Gasteiger partial charge in [0.25, 0.3) is 0 Å². The zero-order valence-corrected chi connectivity index (χ0v) is 9.14. The number of carboxylic acids is 1. The van der Waals surface area contributed by atoms with Crippen LogP contribution in [0.1, 0.15) is 5.56 Å². The summed E-state index contributed by atoms with van der Waals surface area (Å²) in [6.45, 7) is 5.53. The SMILES string of the molecule is C=C(CNc1cc(C)ccc1Cl)C(=O)O. The standard InChI is InChI=1S/C11H12ClNO2/c1-7-3-4-9(12)10(5-7)13-6-8(2)11(14)15/h3-5,13H,2,6H2,1H3,(H,14,15). The maximum Gasteiger partial charge on any atom is 0.332 e. The Kier molecular flexibility index (Phi) is 3.74. The van der Waals surface area contributed by atoms with Gasteiger partial charge in [0.2, 0.25) is 0 Å². The number of hydrogen-bond acceptors (Lipinski definition) is 2. The molecule has 0 aliphatic carbocycles. The molecule has 0 fully saturated rings. The van der Waals surface area contributed by atoms with Crippen molar-refractivity contribution in [3.8, 4) is 0 Å². The molecule has 0 heterocycles. The predicted octanol–water partition coefficient (Wildman–Crippen LogP) is 2.70. The van der Waals surface area contributed by atoms with Crippen molar-refractivity contribution in [1.82, 2.24) is 0 Å². The number of anilines is 1. The van der Waals surface area contributed by atoms with Crippen LogP contribution in [0.2, 0.25) is 5.02 Å². The van der Waals surface area contributed by atoms with E-state index in [0.717, 1.165) is 11.3 Å². The summed E-state index contributed by atoms with van der Waals surface area (Å²) in [6.07, 6.45) is 0. The van der Waals surface area contributed by atoms with Crippen LogP contribution in [0.3, 0.4) is 0 Å². The van der Waals surface area contributed by atoms with Crippen molar-refractivity contribution in [2.24, 2.45) is 0 Å². The Hall–Kier alpha value is -1.48. The van der Waals surface area contributed by atoms with E-state index in [4.69, 9.17) is 16.7 Å². The molecule has 15 heavy (non-hydrogen) atoms. The summed E-state index contributed by atoms with van der Waals surface area (Å²) in [5.41, 5.74) is 1.88. The smallest absolute Gasteiger partial charge is 0.332 e. The van der Waals surface area contributed by atoms with Crippen LogP contribution in [0, 0.1) is 6.92 Å². The van der Waals surface area contributed by atoms with Gasteiger partial charge in [-0.3, -0.25) is 0 Å². The van der Waals surface area contributed by atoms with E-state index in [0.29, 0.717) is 5.02 Å². The molecule has 0 saturated carbocycles. The van der Waals surface area contributed by atoms with Crippen LogP contribution in [-0.4, -0.2) is 17.6 Å². The minimum atomic E-state index is -1.01. The highest BCUT2D eigenvalue weighted by Gasteiger charge is 2.05. The first-order valence-corrected chi connectivity index (χ1v) is 4.79. The van der Waals surface area contributed by atoms with Crippen molar-refractivity contribution in [1.29, 1.82) is 0 Å². The number of rotatable bonds is 4. The summed E-state index contributed by atoms with van der Waals surface area (Å²) in [5.74, 6) is -1.01. The molecule has 1 rings (SSSR count). The van der Waals surface area contributed by atoms with E-state index >= 15 is 0 Å². The number of aryl methyl sites for hydroxylation is 1. The number of nitrogens with one attached hydrogen (secondary N) is 1. The Morgan fingerprint density at radius 2 is 2.27 bits per heavy atom. The molecule has 4 heteroatoms. The van der Waals surface area contributed by atoms with Gasteiger partial charge in [0, 0.05) is 12.1 Å². The van der Waals surface area contributed by atoms with Gasteiger partial charge in [0.15, 0.2) is 0 Å². The Morgan fingerprint density at radius 1 is 1.60 bits per heavy atom. The van der Waals surface area contributed by atoms with Gasteiger partial charge >= 0.3 is 5.97 Å². The number of halogens is 1. The average Bonchev–Trinajstić information content (AvgIpc) is 2.18. The van der Waals surface area contributed by atoms with Gasteiger partial charge in [-0.25, -0.2) is 4.79 Å². The first kappa shape index (κ1) is 11.6. The molecule has 0 aliphatic rings. The molecule has 0 aliphatic heterocycles. The molecule has 0 spiro atoms. The minimum Gasteiger partial charge on any atom is -0.478 e. The highest BCUT2D eigenvalue weighted by atomic mass is 35.5. The molecule has 2 N–H and O–H groups in total. The Balaban J connectivity index is 2.69. The Labute approximate surface area is 93.4 Å². The zero-order valence-electron chi connectivity index (χ0n) is 8.38. The second kappa shape index (κ2) is 4.84. The fourth-order valence-electron chi connectivity index (χ4n) is 1.05. The lowest BCUT2D eigenvalue weighted by Crippen LogP contribution is -2.11. The molecule has 80 valence electrons. The van der Waals surface area contributed by atoms with Gasteiger partial charge in [0.1, 0.15) is 0 Å². The van der Waals surface area contributed by atoms with Crippen LogP contribution < -0.4 is 5.32 Å². The second-order valence-electron chi connectivity index (χ2n) is 3.25. The molecule has 3 nitrogen and oxygen atoms in total. The summed E-state index contributed by atoms with van der Waals surface area (Å²) in [6, 6.07) is 5.51. The molecule has 0 unspecified atom stereocenters. The Bertz CT molecular complexity index is 402. The van der Waals surface area contributed by atoms with Crippen molar-refractivity contribution in [2.45, 2.75) is 6.92 Å². The van der Waals surface area contributed by atoms with Gasteiger partial charge in [-0.15, -0.1) is 0 Å². The molecule has 0 amide bonds. The van der Waals surface area contributed by atoms with Crippen LogP contribution >= 0.6 is 11.6 Å². The number of hydrogen-bond donors (Lipinski definition) is 2. The van der Waals surface area contributed by atoms with Crippen molar-refractivity contribution >= 4 is 23.3 Å². The van der Waals surface area contributed by atoms with Crippen LogP contribution in [-0.2, 0) is 4.79 Å². The third-order valence-electron chi connectivity index (χ3n) is 1.92. The summed E-state index contributed by atoms with van der Waals surface area (Å²) in [4.78, 5) is 10.5. The maximum absolute atomic E-state index is 10.5. The minimum absolute atomic E-state index is 0.104. The molecular weight excluding hydrogens is 214 g/mol. The molecule has 1 aromatic rings. The van der Waals surface area contributed by atoms with E-state index in [2.05, 4.69) is 11.9 Å². The largest absolute Gasteiger partial charge is 0.478 e. The number of aliphatic carboxylic acids is 1. The van der Waals surface area contributed by atoms with Gasteiger partial charge in [-0.05, 0) is 24.6 Å². The highest BCUT2D eigenvalue weighted by Crippen LogP contribution is 2.22. The molecule has 0 bridgehead atoms. The number of benzene rings is 1. The fourth-order valence-corrected chi connectivity index (χ4v) is 1.24. The van der Waals surface area contributed by atoms with Gasteiger partial charge in [0.05, 0.1) is 10.7 Å². The normalized spacial score (nSPS) is 9.73. The van der Waals surface area contributed by atoms with E-state index in [-0.39, 0.29) is 12.1 Å². The topological polar surface area (TPSA) is 49.3 Å². The molecule has 0 radical (unpaired) electrons. The third-order valence-corrected chi connectivity index (χ3v) is 2.25. The third kappa shape index (κ3) is 3.29. The quantitative estimate of drug-likeness (QED) is 0.775. The molecule has 0 aromatic heterocycles. The first-order valence-electron chi connectivity index (χ1n) is 4.42. The zero-order chi connectivity index (χ0) is 11.4. The van der Waals surface area contributed by atoms with E-state index in [9.17, 15) is 4.79 Å². The van der Waals surface area contributed by atoms with Gasteiger partial charge in [-0.1, -0.05) is 24.2 Å². The predicted molar refractivity (Wildman–Crippen MR) is 61.5 cm³/mol. The summed E-state index contributed by atoms with van der Waals surface area (Å²) >= 11 is 5.92. The number of carbonyl (C=O) groups is 1. The second-order valence-corrected chi connectivity index (χ2v) is 3.65.